The van der Waals surface area contributed by atoms with Crippen LogP contribution in [0.15, 0.2) is 18.2 Å². The number of aryl methyl sites for hydroxylation is 4. The molecule has 1 aromatic carbocycles. The molecule has 1 aliphatic rings. The number of amides is 1. The zero-order chi connectivity index (χ0) is 15.3. The summed E-state index contributed by atoms with van der Waals surface area (Å²) in [7, 11) is 1.84. The third-order valence-electron chi connectivity index (χ3n) is 3.94. The Balaban J connectivity index is 2.10. The quantitative estimate of drug-likeness (QED) is 0.793. The number of fused-ring (bicyclic) bond motifs is 1. The molecule has 0 saturated heterocycles. The van der Waals surface area contributed by atoms with E-state index < -0.39 is 11.7 Å². The van der Waals surface area contributed by atoms with Crippen molar-refractivity contribution in [2.24, 2.45) is 7.05 Å². The van der Waals surface area contributed by atoms with Crippen molar-refractivity contribution in [1.82, 2.24) is 9.78 Å². The number of ketones is 1. The molecule has 0 fully saturated rings. The maximum Gasteiger partial charge on any atom is 0.299 e. The minimum Gasteiger partial charge on any atom is -0.298 e. The average Bonchev–Trinajstić information content (AvgIpc) is 2.87. The van der Waals surface area contributed by atoms with Crippen LogP contribution in [-0.2, 0) is 18.4 Å². The maximum atomic E-state index is 12.3. The molecule has 1 aromatic heterocycles. The summed E-state index contributed by atoms with van der Waals surface area (Å²) in [6, 6.07) is 5.76. The summed E-state index contributed by atoms with van der Waals surface area (Å²) in [5.74, 6) is -0.869. The molecule has 0 unspecified atom stereocenters. The number of carbonyl (C=O) groups excluding carboxylic acids is 2. The molecule has 2 heterocycles. The lowest BCUT2D eigenvalue weighted by Crippen LogP contribution is -2.30. The van der Waals surface area contributed by atoms with Crippen molar-refractivity contribution in [2.75, 3.05) is 4.90 Å². The summed E-state index contributed by atoms with van der Waals surface area (Å²) in [5, 5.41) is 4.29. The van der Waals surface area contributed by atoms with Crippen molar-refractivity contribution in [2.45, 2.75) is 27.3 Å². The highest BCUT2D eigenvalue weighted by Gasteiger charge is 2.38. The standard InChI is InChI=1S/C16H17N3O2/c1-9-5-6-10(2)14-13(9)15(20)16(21)19(14)8-12-7-11(3)17-18(12)4/h5-7H,8H2,1-4H3. The maximum absolute atomic E-state index is 12.3. The van der Waals surface area contributed by atoms with Gasteiger partial charge >= 0.3 is 0 Å². The Morgan fingerprint density at radius 2 is 1.76 bits per heavy atom. The van der Waals surface area contributed by atoms with Crippen LogP contribution in [0, 0.1) is 20.8 Å². The van der Waals surface area contributed by atoms with E-state index in [-0.39, 0.29) is 0 Å². The first-order valence-electron chi connectivity index (χ1n) is 6.86. The average molecular weight is 283 g/mol. The first kappa shape index (κ1) is 13.5. The Morgan fingerprint density at radius 3 is 2.38 bits per heavy atom. The molecule has 21 heavy (non-hydrogen) atoms. The predicted octanol–water partition coefficient (Wildman–Crippen LogP) is 2.07. The number of anilines is 1. The zero-order valence-corrected chi connectivity index (χ0v) is 12.6. The molecule has 5 nitrogen and oxygen atoms in total. The second-order valence-electron chi connectivity index (χ2n) is 5.54. The smallest absolute Gasteiger partial charge is 0.298 e. The van der Waals surface area contributed by atoms with Crippen LogP contribution in [0.2, 0.25) is 0 Å². The zero-order valence-electron chi connectivity index (χ0n) is 12.6. The van der Waals surface area contributed by atoms with Gasteiger partial charge in [0.2, 0.25) is 0 Å². The van der Waals surface area contributed by atoms with Gasteiger partial charge < -0.3 is 0 Å². The van der Waals surface area contributed by atoms with Gasteiger partial charge in [-0.3, -0.25) is 19.2 Å². The van der Waals surface area contributed by atoms with E-state index in [9.17, 15) is 9.59 Å². The molecule has 0 aliphatic carbocycles. The number of benzene rings is 1. The number of aromatic nitrogens is 2. The highest BCUT2D eigenvalue weighted by atomic mass is 16.2. The van der Waals surface area contributed by atoms with Crippen LogP contribution in [0.3, 0.4) is 0 Å². The third-order valence-corrected chi connectivity index (χ3v) is 3.94. The lowest BCUT2D eigenvalue weighted by molar-refractivity contribution is -0.114. The van der Waals surface area contributed by atoms with Crippen LogP contribution >= 0.6 is 0 Å². The van der Waals surface area contributed by atoms with Crippen molar-refractivity contribution in [3.05, 3.63) is 46.3 Å². The number of Topliss-reactive ketones (excluding diaryl/α,β-unsaturated/α-hetero) is 1. The van der Waals surface area contributed by atoms with E-state index in [1.165, 1.54) is 0 Å². The third kappa shape index (κ3) is 1.96. The number of nitrogens with zero attached hydrogens (tertiary/aromatic N) is 3. The molecule has 0 saturated carbocycles. The van der Waals surface area contributed by atoms with Gasteiger partial charge in [-0.25, -0.2) is 0 Å². The topological polar surface area (TPSA) is 55.2 Å². The van der Waals surface area contributed by atoms with Gasteiger partial charge in [-0.05, 0) is 38.0 Å². The van der Waals surface area contributed by atoms with Crippen LogP contribution in [0.4, 0.5) is 5.69 Å². The molecule has 0 N–H and O–H groups in total. The molecule has 5 heteroatoms. The number of hydrogen-bond donors (Lipinski definition) is 0. The molecule has 3 rings (SSSR count). The molecule has 1 amide bonds. The Labute approximate surface area is 123 Å². The fourth-order valence-corrected chi connectivity index (χ4v) is 2.89. The minimum atomic E-state index is -0.457. The van der Waals surface area contributed by atoms with Crippen LogP contribution in [0.5, 0.6) is 0 Å². The highest BCUT2D eigenvalue weighted by Crippen LogP contribution is 2.35. The van der Waals surface area contributed by atoms with E-state index in [1.807, 2.05) is 46.0 Å². The number of carbonyl (C=O) groups is 2. The summed E-state index contributed by atoms with van der Waals surface area (Å²) in [4.78, 5) is 26.1. The Kier molecular flexibility index (Phi) is 2.93. The molecular formula is C16H17N3O2. The van der Waals surface area contributed by atoms with Crippen LogP contribution in [0.1, 0.15) is 32.9 Å². The second kappa shape index (κ2) is 4.55. The SMILES string of the molecule is Cc1cc(CN2C(=O)C(=O)c3c(C)ccc(C)c32)n(C)n1. The normalized spacial score (nSPS) is 14.0. The Morgan fingerprint density at radius 1 is 1.10 bits per heavy atom. The van der Waals surface area contributed by atoms with Crippen molar-refractivity contribution in [1.29, 1.82) is 0 Å². The largest absolute Gasteiger partial charge is 0.299 e. The number of rotatable bonds is 2. The molecular weight excluding hydrogens is 266 g/mol. The first-order valence-corrected chi connectivity index (χ1v) is 6.86. The van der Waals surface area contributed by atoms with Crippen molar-refractivity contribution in [3.63, 3.8) is 0 Å². The van der Waals surface area contributed by atoms with Gasteiger partial charge in [0.25, 0.3) is 11.7 Å². The minimum absolute atomic E-state index is 0.360. The molecule has 2 aromatic rings. The van der Waals surface area contributed by atoms with Gasteiger partial charge in [-0.2, -0.15) is 5.10 Å². The summed E-state index contributed by atoms with van der Waals surface area (Å²) >= 11 is 0. The summed E-state index contributed by atoms with van der Waals surface area (Å²) < 4.78 is 1.75. The van der Waals surface area contributed by atoms with Gasteiger partial charge in [0, 0.05) is 7.05 Å². The van der Waals surface area contributed by atoms with Crippen LogP contribution < -0.4 is 4.90 Å². The van der Waals surface area contributed by atoms with Crippen LogP contribution in [0.25, 0.3) is 0 Å². The van der Waals surface area contributed by atoms with E-state index in [0.717, 1.165) is 28.2 Å². The Hall–Kier alpha value is -2.43. The van der Waals surface area contributed by atoms with Gasteiger partial charge in [0.15, 0.2) is 0 Å². The van der Waals surface area contributed by atoms with Crippen molar-refractivity contribution < 1.29 is 9.59 Å². The van der Waals surface area contributed by atoms with E-state index in [4.69, 9.17) is 0 Å². The fourth-order valence-electron chi connectivity index (χ4n) is 2.89. The lowest BCUT2D eigenvalue weighted by atomic mass is 10.0. The molecule has 1 aliphatic heterocycles. The summed E-state index contributed by atoms with van der Waals surface area (Å²) in [5.41, 5.74) is 4.86. The molecule has 0 radical (unpaired) electrons. The monoisotopic (exact) mass is 283 g/mol. The van der Waals surface area contributed by atoms with Gasteiger partial charge in [0.1, 0.15) is 0 Å². The van der Waals surface area contributed by atoms with E-state index >= 15 is 0 Å². The van der Waals surface area contributed by atoms with Gasteiger partial charge in [-0.15, -0.1) is 0 Å². The van der Waals surface area contributed by atoms with E-state index in [2.05, 4.69) is 5.10 Å². The first-order chi connectivity index (χ1) is 9.90. The molecule has 0 atom stereocenters. The van der Waals surface area contributed by atoms with Crippen molar-refractivity contribution in [3.8, 4) is 0 Å². The predicted molar refractivity (Wildman–Crippen MR) is 79.4 cm³/mol. The van der Waals surface area contributed by atoms with Gasteiger partial charge in [-0.1, -0.05) is 12.1 Å². The second-order valence-corrected chi connectivity index (χ2v) is 5.54. The van der Waals surface area contributed by atoms with Crippen LogP contribution in [-0.4, -0.2) is 21.5 Å². The summed E-state index contributed by atoms with van der Waals surface area (Å²) in [6.07, 6.45) is 0. The Bertz CT molecular complexity index is 774. The molecule has 0 spiro atoms. The molecule has 0 bridgehead atoms. The van der Waals surface area contributed by atoms with Crippen molar-refractivity contribution >= 4 is 17.4 Å². The fraction of sp³-hybridized carbons (Fsp3) is 0.312. The number of hydrogen-bond acceptors (Lipinski definition) is 3. The highest BCUT2D eigenvalue weighted by molar-refractivity contribution is 6.52. The molecule has 108 valence electrons. The van der Waals surface area contributed by atoms with E-state index in [1.54, 1.807) is 9.58 Å². The lowest BCUT2D eigenvalue weighted by Gasteiger charge is -2.18. The van der Waals surface area contributed by atoms with Gasteiger partial charge in [0.05, 0.1) is 29.2 Å². The van der Waals surface area contributed by atoms with E-state index in [0.29, 0.717) is 12.1 Å². The summed E-state index contributed by atoms with van der Waals surface area (Å²) in [6.45, 7) is 6.05.